The van der Waals surface area contributed by atoms with Crippen LogP contribution in [0.2, 0.25) is 5.02 Å². The number of rotatable bonds is 6. The highest BCUT2D eigenvalue weighted by molar-refractivity contribution is 6.31. The van der Waals surface area contributed by atoms with Crippen LogP contribution in [-0.4, -0.2) is 19.3 Å². The Kier molecular flexibility index (Phi) is 5.82. The molecule has 0 heterocycles. The molecule has 0 fully saturated rings. The summed E-state index contributed by atoms with van der Waals surface area (Å²) < 4.78 is 11.1. The standard InChI is InChI=1S/C16H17ClN4O2/c1-22-14-7-6-11(9-20-21-16(18)19)8-15(14)23-10-12-4-2-3-5-13(12)17/h2-9H,10H2,1H3,(H4,18,19,21). The average Bonchev–Trinajstić information content (AvgIpc) is 2.54. The van der Waals surface area contributed by atoms with Gasteiger partial charge in [0.2, 0.25) is 5.96 Å². The van der Waals surface area contributed by atoms with Gasteiger partial charge in [-0.05, 0) is 29.8 Å². The second-order valence-corrected chi connectivity index (χ2v) is 4.97. The molecular weight excluding hydrogens is 316 g/mol. The summed E-state index contributed by atoms with van der Waals surface area (Å²) in [4.78, 5) is 0. The maximum absolute atomic E-state index is 6.12. The van der Waals surface area contributed by atoms with Gasteiger partial charge in [0.1, 0.15) is 6.61 Å². The van der Waals surface area contributed by atoms with Crippen LogP contribution in [0.15, 0.2) is 52.7 Å². The lowest BCUT2D eigenvalue weighted by atomic mass is 10.2. The molecule has 0 aromatic heterocycles. The fraction of sp³-hybridized carbons (Fsp3) is 0.125. The molecule has 2 aromatic carbocycles. The van der Waals surface area contributed by atoms with Crippen LogP contribution >= 0.6 is 11.6 Å². The minimum Gasteiger partial charge on any atom is -0.493 e. The summed E-state index contributed by atoms with van der Waals surface area (Å²) in [6.07, 6.45) is 1.52. The largest absolute Gasteiger partial charge is 0.493 e. The van der Waals surface area contributed by atoms with Gasteiger partial charge in [-0.25, -0.2) is 0 Å². The van der Waals surface area contributed by atoms with Crippen LogP contribution in [-0.2, 0) is 6.61 Å². The molecule has 0 spiro atoms. The number of nitrogens with zero attached hydrogens (tertiary/aromatic N) is 2. The second-order valence-electron chi connectivity index (χ2n) is 4.56. The third-order valence-electron chi connectivity index (χ3n) is 2.91. The first kappa shape index (κ1) is 16.6. The fourth-order valence-electron chi connectivity index (χ4n) is 1.82. The van der Waals surface area contributed by atoms with Gasteiger partial charge < -0.3 is 20.9 Å². The van der Waals surface area contributed by atoms with Crippen molar-refractivity contribution in [2.24, 2.45) is 21.7 Å². The monoisotopic (exact) mass is 332 g/mol. The minimum absolute atomic E-state index is 0.107. The summed E-state index contributed by atoms with van der Waals surface area (Å²) >= 11 is 6.12. The van der Waals surface area contributed by atoms with E-state index in [1.165, 1.54) is 6.21 Å². The van der Waals surface area contributed by atoms with Crippen molar-refractivity contribution in [2.75, 3.05) is 7.11 Å². The maximum atomic E-state index is 6.12. The quantitative estimate of drug-likeness (QED) is 0.482. The van der Waals surface area contributed by atoms with E-state index in [0.717, 1.165) is 11.1 Å². The lowest BCUT2D eigenvalue weighted by Crippen LogP contribution is -2.21. The van der Waals surface area contributed by atoms with Crippen LogP contribution in [0.3, 0.4) is 0 Å². The Morgan fingerprint density at radius 2 is 1.96 bits per heavy atom. The Hall–Kier alpha value is -2.73. The Bertz CT molecular complexity index is 728. The molecule has 0 aliphatic carbocycles. The molecular formula is C16H17ClN4O2. The zero-order valence-electron chi connectivity index (χ0n) is 12.6. The molecule has 0 aliphatic heterocycles. The van der Waals surface area contributed by atoms with E-state index < -0.39 is 0 Å². The number of halogens is 1. The molecule has 2 aromatic rings. The normalized spacial score (nSPS) is 10.5. The zero-order valence-corrected chi connectivity index (χ0v) is 13.3. The number of ether oxygens (including phenoxy) is 2. The summed E-state index contributed by atoms with van der Waals surface area (Å²) in [6, 6.07) is 12.9. The molecule has 4 N–H and O–H groups in total. The molecule has 7 heteroatoms. The molecule has 0 radical (unpaired) electrons. The average molecular weight is 333 g/mol. The van der Waals surface area contributed by atoms with Gasteiger partial charge >= 0.3 is 0 Å². The van der Waals surface area contributed by atoms with Gasteiger partial charge in [0, 0.05) is 10.6 Å². The van der Waals surface area contributed by atoms with Gasteiger partial charge in [-0.3, -0.25) is 0 Å². The van der Waals surface area contributed by atoms with Crippen LogP contribution in [0.4, 0.5) is 0 Å². The first-order valence-electron chi connectivity index (χ1n) is 6.76. The van der Waals surface area contributed by atoms with Gasteiger partial charge in [-0.1, -0.05) is 29.8 Å². The van der Waals surface area contributed by atoms with Gasteiger partial charge in [0.15, 0.2) is 11.5 Å². The van der Waals surface area contributed by atoms with E-state index in [0.29, 0.717) is 23.1 Å². The number of nitrogens with two attached hydrogens (primary N) is 2. The van der Waals surface area contributed by atoms with E-state index >= 15 is 0 Å². The number of guanidine groups is 1. The van der Waals surface area contributed by atoms with E-state index in [1.54, 1.807) is 19.2 Å². The molecule has 0 atom stereocenters. The van der Waals surface area contributed by atoms with Gasteiger partial charge in [0.05, 0.1) is 13.3 Å². The van der Waals surface area contributed by atoms with Crippen molar-refractivity contribution in [3.8, 4) is 11.5 Å². The molecule has 0 saturated heterocycles. The van der Waals surface area contributed by atoms with Crippen molar-refractivity contribution in [1.29, 1.82) is 0 Å². The van der Waals surface area contributed by atoms with Crippen molar-refractivity contribution in [2.45, 2.75) is 6.61 Å². The lowest BCUT2D eigenvalue weighted by Gasteiger charge is -2.12. The van der Waals surface area contributed by atoms with Gasteiger partial charge in [-0.15, -0.1) is 5.10 Å². The summed E-state index contributed by atoms with van der Waals surface area (Å²) in [6.45, 7) is 0.324. The molecule has 0 unspecified atom stereocenters. The Balaban J connectivity index is 2.17. The molecule has 120 valence electrons. The molecule has 6 nitrogen and oxygen atoms in total. The van der Waals surface area contributed by atoms with Gasteiger partial charge in [-0.2, -0.15) is 5.10 Å². The van der Waals surface area contributed by atoms with E-state index in [-0.39, 0.29) is 5.96 Å². The highest BCUT2D eigenvalue weighted by atomic mass is 35.5. The first-order chi connectivity index (χ1) is 11.1. The topological polar surface area (TPSA) is 95.2 Å². The second kappa shape index (κ2) is 8.05. The Labute approximate surface area is 139 Å². The number of methoxy groups -OCH3 is 1. The van der Waals surface area contributed by atoms with Crippen molar-refractivity contribution in [3.05, 3.63) is 58.6 Å². The molecule has 0 bridgehead atoms. The highest BCUT2D eigenvalue weighted by Crippen LogP contribution is 2.29. The highest BCUT2D eigenvalue weighted by Gasteiger charge is 2.07. The van der Waals surface area contributed by atoms with E-state index in [9.17, 15) is 0 Å². The van der Waals surface area contributed by atoms with Crippen molar-refractivity contribution < 1.29 is 9.47 Å². The van der Waals surface area contributed by atoms with E-state index in [4.69, 9.17) is 32.5 Å². The number of hydrogen-bond acceptors (Lipinski definition) is 4. The van der Waals surface area contributed by atoms with Crippen LogP contribution in [0.1, 0.15) is 11.1 Å². The number of benzene rings is 2. The van der Waals surface area contributed by atoms with Crippen molar-refractivity contribution in [1.82, 2.24) is 0 Å². The third-order valence-corrected chi connectivity index (χ3v) is 3.28. The summed E-state index contributed by atoms with van der Waals surface area (Å²) in [5.41, 5.74) is 12.1. The summed E-state index contributed by atoms with van der Waals surface area (Å²) in [7, 11) is 1.57. The maximum Gasteiger partial charge on any atom is 0.211 e. The van der Waals surface area contributed by atoms with Crippen LogP contribution < -0.4 is 20.9 Å². The SMILES string of the molecule is COc1ccc(C=NN=C(N)N)cc1OCc1ccccc1Cl. The smallest absolute Gasteiger partial charge is 0.211 e. The molecule has 0 aliphatic rings. The van der Waals surface area contributed by atoms with Crippen molar-refractivity contribution >= 4 is 23.8 Å². The third kappa shape index (κ3) is 4.89. The van der Waals surface area contributed by atoms with E-state index in [1.807, 2.05) is 30.3 Å². The Morgan fingerprint density at radius 3 is 2.65 bits per heavy atom. The Morgan fingerprint density at radius 1 is 1.17 bits per heavy atom. The lowest BCUT2D eigenvalue weighted by molar-refractivity contribution is 0.284. The fourth-order valence-corrected chi connectivity index (χ4v) is 2.01. The van der Waals surface area contributed by atoms with Gasteiger partial charge in [0.25, 0.3) is 0 Å². The summed E-state index contributed by atoms with van der Waals surface area (Å²) in [5.74, 6) is 1.07. The number of hydrogen-bond donors (Lipinski definition) is 2. The van der Waals surface area contributed by atoms with Crippen LogP contribution in [0, 0.1) is 0 Å². The molecule has 0 saturated carbocycles. The summed E-state index contributed by atoms with van der Waals surface area (Å²) in [5, 5.41) is 7.96. The predicted molar refractivity (Wildman–Crippen MR) is 92.2 cm³/mol. The molecule has 2 rings (SSSR count). The predicted octanol–water partition coefficient (Wildman–Crippen LogP) is 2.53. The zero-order chi connectivity index (χ0) is 16.7. The van der Waals surface area contributed by atoms with Crippen molar-refractivity contribution in [3.63, 3.8) is 0 Å². The first-order valence-corrected chi connectivity index (χ1v) is 7.14. The van der Waals surface area contributed by atoms with Crippen LogP contribution in [0.25, 0.3) is 0 Å². The molecule has 23 heavy (non-hydrogen) atoms. The molecule has 0 amide bonds. The minimum atomic E-state index is -0.107. The van der Waals surface area contributed by atoms with Crippen LogP contribution in [0.5, 0.6) is 11.5 Å². The van der Waals surface area contributed by atoms with E-state index in [2.05, 4.69) is 10.2 Å².